The van der Waals surface area contributed by atoms with E-state index in [1.807, 2.05) is 34.9 Å². The Kier molecular flexibility index (Phi) is 3.07. The fraction of sp³-hybridized carbons (Fsp3) is 0.154. The summed E-state index contributed by atoms with van der Waals surface area (Å²) in [4.78, 5) is 5.17. The third-order valence-corrected chi connectivity index (χ3v) is 4.15. The van der Waals surface area contributed by atoms with Gasteiger partial charge in [0, 0.05) is 4.88 Å². The molecule has 0 saturated heterocycles. The molecule has 0 amide bonds. The van der Waals surface area contributed by atoms with Gasteiger partial charge in [-0.1, -0.05) is 23.7 Å². The molecule has 2 heterocycles. The van der Waals surface area contributed by atoms with E-state index in [1.54, 1.807) is 12.4 Å². The number of aliphatic hydroxyl groups is 1. The molecule has 0 aliphatic rings. The van der Waals surface area contributed by atoms with Crippen LogP contribution in [0.1, 0.15) is 11.0 Å². The number of hydrogen-bond donors (Lipinski definition) is 1. The molecule has 0 saturated carbocycles. The number of rotatable bonds is 3. The maximum atomic E-state index is 10.2. The summed E-state index contributed by atoms with van der Waals surface area (Å²) in [5, 5.41) is 10.2. The monoisotopic (exact) mass is 278 g/mol. The Labute approximate surface area is 113 Å². The highest BCUT2D eigenvalue weighted by Crippen LogP contribution is 2.28. The zero-order chi connectivity index (χ0) is 12.5. The number of thiophene rings is 1. The quantitative estimate of drug-likeness (QED) is 0.796. The van der Waals surface area contributed by atoms with Crippen molar-refractivity contribution in [2.24, 2.45) is 0 Å². The molecule has 3 nitrogen and oxygen atoms in total. The highest BCUT2D eigenvalue weighted by molar-refractivity contribution is 7.16. The van der Waals surface area contributed by atoms with Crippen LogP contribution in [0, 0.1) is 0 Å². The molecule has 0 radical (unpaired) electrons. The lowest BCUT2D eigenvalue weighted by Gasteiger charge is -2.10. The molecule has 2 aromatic heterocycles. The summed E-state index contributed by atoms with van der Waals surface area (Å²) in [6.45, 7) is 0.483. The van der Waals surface area contributed by atoms with E-state index in [-0.39, 0.29) is 0 Å². The van der Waals surface area contributed by atoms with Crippen LogP contribution in [0.15, 0.2) is 42.7 Å². The number of aromatic nitrogens is 2. The van der Waals surface area contributed by atoms with Gasteiger partial charge in [0.2, 0.25) is 0 Å². The topological polar surface area (TPSA) is 38.0 Å². The lowest BCUT2D eigenvalue weighted by Crippen LogP contribution is -2.06. The lowest BCUT2D eigenvalue weighted by molar-refractivity contribution is 0.161. The summed E-state index contributed by atoms with van der Waals surface area (Å²) in [7, 11) is 0. The molecule has 0 bridgehead atoms. The maximum Gasteiger partial charge on any atom is 0.106 e. The van der Waals surface area contributed by atoms with Crippen molar-refractivity contribution in [1.82, 2.24) is 9.55 Å². The van der Waals surface area contributed by atoms with Crippen LogP contribution in [0.5, 0.6) is 0 Å². The second-order valence-corrected chi connectivity index (χ2v) is 5.79. The van der Waals surface area contributed by atoms with Crippen molar-refractivity contribution in [2.75, 3.05) is 0 Å². The second kappa shape index (κ2) is 4.72. The first kappa shape index (κ1) is 11.7. The zero-order valence-corrected chi connectivity index (χ0v) is 11.0. The molecular formula is C13H11ClN2OS. The smallest absolute Gasteiger partial charge is 0.106 e. The third kappa shape index (κ3) is 2.14. The van der Waals surface area contributed by atoms with Crippen LogP contribution < -0.4 is 0 Å². The summed E-state index contributed by atoms with van der Waals surface area (Å²) in [5.41, 5.74) is 1.97. The van der Waals surface area contributed by atoms with Crippen molar-refractivity contribution >= 4 is 34.0 Å². The molecule has 1 aromatic carbocycles. The van der Waals surface area contributed by atoms with Gasteiger partial charge in [0.05, 0.1) is 28.2 Å². The van der Waals surface area contributed by atoms with E-state index in [2.05, 4.69) is 4.98 Å². The molecule has 1 N–H and O–H groups in total. The van der Waals surface area contributed by atoms with Crippen LogP contribution in [0.3, 0.4) is 0 Å². The molecule has 18 heavy (non-hydrogen) atoms. The number of aliphatic hydroxyl groups excluding tert-OH is 1. The van der Waals surface area contributed by atoms with Gasteiger partial charge >= 0.3 is 0 Å². The minimum atomic E-state index is -0.555. The molecular weight excluding hydrogens is 268 g/mol. The Morgan fingerprint density at radius 3 is 2.89 bits per heavy atom. The number of halogens is 1. The van der Waals surface area contributed by atoms with Crippen molar-refractivity contribution in [2.45, 2.75) is 12.6 Å². The van der Waals surface area contributed by atoms with Crippen LogP contribution in [-0.4, -0.2) is 14.7 Å². The normalized spacial score (nSPS) is 13.0. The molecule has 0 fully saturated rings. The van der Waals surface area contributed by atoms with E-state index in [1.165, 1.54) is 11.3 Å². The molecule has 1 atom stereocenters. The lowest BCUT2D eigenvalue weighted by atomic mass is 10.2. The molecule has 0 aliphatic heterocycles. The Bertz CT molecular complexity index is 676. The number of hydrogen-bond acceptors (Lipinski definition) is 3. The van der Waals surface area contributed by atoms with Gasteiger partial charge in [-0.3, -0.25) is 0 Å². The average Bonchev–Trinajstić information content (AvgIpc) is 2.97. The predicted octanol–water partition coefficient (Wildman–Crippen LogP) is 3.48. The first-order chi connectivity index (χ1) is 8.74. The van der Waals surface area contributed by atoms with Crippen molar-refractivity contribution in [3.05, 3.63) is 51.9 Å². The van der Waals surface area contributed by atoms with Crippen LogP contribution in [0.2, 0.25) is 4.34 Å². The van der Waals surface area contributed by atoms with Crippen LogP contribution >= 0.6 is 22.9 Å². The first-order valence-corrected chi connectivity index (χ1v) is 6.76. The summed E-state index contributed by atoms with van der Waals surface area (Å²) in [6.07, 6.45) is 1.20. The number of benzene rings is 1. The Balaban J connectivity index is 1.88. The van der Waals surface area contributed by atoms with Gasteiger partial charge in [-0.15, -0.1) is 11.3 Å². The van der Waals surface area contributed by atoms with E-state index < -0.39 is 6.10 Å². The number of nitrogens with zero attached hydrogens (tertiary/aromatic N) is 2. The van der Waals surface area contributed by atoms with Gasteiger partial charge in [-0.05, 0) is 24.3 Å². The number of fused-ring (bicyclic) bond motifs is 1. The molecule has 0 aliphatic carbocycles. The van der Waals surface area contributed by atoms with Gasteiger partial charge < -0.3 is 9.67 Å². The molecule has 1 unspecified atom stereocenters. The molecule has 3 rings (SSSR count). The van der Waals surface area contributed by atoms with Gasteiger partial charge in [0.15, 0.2) is 0 Å². The van der Waals surface area contributed by atoms with E-state index in [0.717, 1.165) is 15.9 Å². The van der Waals surface area contributed by atoms with E-state index >= 15 is 0 Å². The zero-order valence-electron chi connectivity index (χ0n) is 9.45. The first-order valence-electron chi connectivity index (χ1n) is 5.57. The summed E-state index contributed by atoms with van der Waals surface area (Å²) >= 11 is 7.27. The Morgan fingerprint density at radius 2 is 2.11 bits per heavy atom. The molecule has 3 aromatic rings. The molecule has 0 spiro atoms. The van der Waals surface area contributed by atoms with E-state index in [4.69, 9.17) is 11.6 Å². The molecule has 92 valence electrons. The van der Waals surface area contributed by atoms with E-state index in [0.29, 0.717) is 10.9 Å². The number of imidazole rings is 1. The highest BCUT2D eigenvalue weighted by atomic mass is 35.5. The summed E-state index contributed by atoms with van der Waals surface area (Å²) < 4.78 is 2.65. The summed E-state index contributed by atoms with van der Waals surface area (Å²) in [5.74, 6) is 0. The fourth-order valence-electron chi connectivity index (χ4n) is 1.94. The van der Waals surface area contributed by atoms with E-state index in [9.17, 15) is 5.11 Å². The van der Waals surface area contributed by atoms with Gasteiger partial charge in [0.25, 0.3) is 0 Å². The number of para-hydroxylation sites is 2. The minimum absolute atomic E-state index is 0.483. The minimum Gasteiger partial charge on any atom is -0.386 e. The predicted molar refractivity (Wildman–Crippen MR) is 74.0 cm³/mol. The maximum absolute atomic E-state index is 10.2. The van der Waals surface area contributed by atoms with Crippen molar-refractivity contribution in [1.29, 1.82) is 0 Å². The summed E-state index contributed by atoms with van der Waals surface area (Å²) in [6, 6.07) is 11.5. The van der Waals surface area contributed by atoms with Crippen LogP contribution in [0.25, 0.3) is 11.0 Å². The second-order valence-electron chi connectivity index (χ2n) is 4.04. The van der Waals surface area contributed by atoms with Gasteiger partial charge in [-0.25, -0.2) is 4.98 Å². The third-order valence-electron chi connectivity index (χ3n) is 2.82. The Morgan fingerprint density at radius 1 is 1.28 bits per heavy atom. The van der Waals surface area contributed by atoms with Crippen molar-refractivity contribution in [3.8, 4) is 0 Å². The largest absolute Gasteiger partial charge is 0.386 e. The SMILES string of the molecule is OC(Cn1cnc2ccccc21)c1ccc(Cl)s1. The van der Waals surface area contributed by atoms with Gasteiger partial charge in [-0.2, -0.15) is 0 Å². The fourth-order valence-corrected chi connectivity index (χ4v) is 2.98. The average molecular weight is 279 g/mol. The van der Waals surface area contributed by atoms with Crippen molar-refractivity contribution in [3.63, 3.8) is 0 Å². The standard InChI is InChI=1S/C13H11ClN2OS/c14-13-6-5-12(18-13)11(17)7-16-8-15-9-3-1-2-4-10(9)16/h1-6,8,11,17H,7H2. The highest BCUT2D eigenvalue weighted by Gasteiger charge is 2.12. The molecule has 5 heteroatoms. The van der Waals surface area contributed by atoms with Crippen LogP contribution in [0.4, 0.5) is 0 Å². The van der Waals surface area contributed by atoms with Gasteiger partial charge in [0.1, 0.15) is 6.10 Å². The van der Waals surface area contributed by atoms with Crippen molar-refractivity contribution < 1.29 is 5.11 Å². The van der Waals surface area contributed by atoms with Crippen LogP contribution in [-0.2, 0) is 6.54 Å². The Hall–Kier alpha value is -1.36.